The lowest BCUT2D eigenvalue weighted by atomic mass is 10.2. The van der Waals surface area contributed by atoms with Gasteiger partial charge in [-0.25, -0.2) is 0 Å². The monoisotopic (exact) mass is 312 g/mol. The summed E-state index contributed by atoms with van der Waals surface area (Å²) in [6, 6.07) is 8.57. The van der Waals surface area contributed by atoms with Gasteiger partial charge >= 0.3 is 0 Å². The lowest BCUT2D eigenvalue weighted by molar-refractivity contribution is 0.120. The van der Waals surface area contributed by atoms with Crippen LogP contribution in [0.25, 0.3) is 0 Å². The molecule has 4 heteroatoms. The Hall–Kier alpha value is -0.420. The molecule has 100 valence electrons. The maximum atomic E-state index is 8.83. The molecule has 0 atom stereocenters. The highest BCUT2D eigenvalue weighted by atomic mass is 79.9. The van der Waals surface area contributed by atoms with Crippen LogP contribution in [0.3, 0.4) is 0 Å². The maximum absolute atomic E-state index is 8.83. The minimum atomic E-state index is 0.305. The van der Waals surface area contributed by atoms with E-state index in [1.165, 1.54) is 5.56 Å². The zero-order chi connectivity index (χ0) is 12.8. The third-order valence-electron chi connectivity index (χ3n) is 3.42. The van der Waals surface area contributed by atoms with Crippen LogP contribution in [0.2, 0.25) is 0 Å². The average Bonchev–Trinajstić information content (AvgIpc) is 2.41. The Morgan fingerprint density at radius 2 is 1.61 bits per heavy atom. The van der Waals surface area contributed by atoms with E-state index in [4.69, 9.17) is 5.11 Å². The van der Waals surface area contributed by atoms with Crippen molar-refractivity contribution in [3.05, 3.63) is 34.3 Å². The summed E-state index contributed by atoms with van der Waals surface area (Å²) in [5.74, 6) is 0. The molecule has 1 aromatic rings. The zero-order valence-corrected chi connectivity index (χ0v) is 12.3. The molecular formula is C14H21BrN2O. The molecule has 18 heavy (non-hydrogen) atoms. The Bertz CT molecular complexity index is 347. The molecule has 1 aromatic carbocycles. The third kappa shape index (κ3) is 4.35. The second kappa shape index (κ2) is 7.24. The first-order valence-electron chi connectivity index (χ1n) is 6.58. The largest absolute Gasteiger partial charge is 0.396 e. The Morgan fingerprint density at radius 3 is 2.22 bits per heavy atom. The van der Waals surface area contributed by atoms with Gasteiger partial charge in [0.1, 0.15) is 0 Å². The predicted molar refractivity (Wildman–Crippen MR) is 77.6 cm³/mol. The van der Waals surface area contributed by atoms with Gasteiger partial charge in [-0.05, 0) is 24.1 Å². The molecule has 1 N–H and O–H groups in total. The van der Waals surface area contributed by atoms with Crippen molar-refractivity contribution in [3.63, 3.8) is 0 Å². The fourth-order valence-corrected chi connectivity index (χ4v) is 2.58. The van der Waals surface area contributed by atoms with Crippen LogP contribution >= 0.6 is 15.9 Å². The molecule has 0 amide bonds. The minimum absolute atomic E-state index is 0.305. The molecule has 0 bridgehead atoms. The van der Waals surface area contributed by atoms with Gasteiger partial charge in [-0.15, -0.1) is 0 Å². The summed E-state index contributed by atoms with van der Waals surface area (Å²) >= 11 is 3.46. The Labute approximate surface area is 118 Å². The Morgan fingerprint density at radius 1 is 1.00 bits per heavy atom. The average molecular weight is 313 g/mol. The first-order chi connectivity index (χ1) is 8.78. The summed E-state index contributed by atoms with van der Waals surface area (Å²) in [5.41, 5.74) is 1.38. The van der Waals surface area contributed by atoms with Gasteiger partial charge in [-0.3, -0.25) is 4.90 Å². The van der Waals surface area contributed by atoms with Crippen LogP contribution in [0.5, 0.6) is 0 Å². The second-order valence-electron chi connectivity index (χ2n) is 4.82. The molecule has 2 rings (SSSR count). The number of piperazine rings is 1. The van der Waals surface area contributed by atoms with Gasteiger partial charge in [0.2, 0.25) is 0 Å². The number of rotatable bonds is 5. The van der Waals surface area contributed by atoms with Gasteiger partial charge in [0.15, 0.2) is 0 Å². The van der Waals surface area contributed by atoms with Gasteiger partial charge in [0, 0.05) is 50.3 Å². The standard InChI is InChI=1S/C14H21BrN2O/c15-14-4-2-13(3-5-14)12-17-9-7-16(8-10-17)6-1-11-18/h2-5,18H,1,6-12H2. The van der Waals surface area contributed by atoms with E-state index in [1.807, 2.05) is 0 Å². The summed E-state index contributed by atoms with van der Waals surface area (Å²) in [5, 5.41) is 8.83. The van der Waals surface area contributed by atoms with Crippen molar-refractivity contribution in [2.24, 2.45) is 0 Å². The highest BCUT2D eigenvalue weighted by Gasteiger charge is 2.16. The highest BCUT2D eigenvalue weighted by Crippen LogP contribution is 2.13. The highest BCUT2D eigenvalue weighted by molar-refractivity contribution is 9.10. The van der Waals surface area contributed by atoms with Crippen molar-refractivity contribution >= 4 is 15.9 Å². The Kier molecular flexibility index (Phi) is 5.63. The summed E-state index contributed by atoms with van der Waals surface area (Å²) in [6.07, 6.45) is 0.896. The molecule has 0 saturated carbocycles. The van der Waals surface area contributed by atoms with Gasteiger partial charge in [0.05, 0.1) is 0 Å². The maximum Gasteiger partial charge on any atom is 0.0443 e. The van der Waals surface area contributed by atoms with Crippen LogP contribution in [-0.4, -0.2) is 54.2 Å². The number of hydrogen-bond acceptors (Lipinski definition) is 3. The molecule has 3 nitrogen and oxygen atoms in total. The van der Waals surface area contributed by atoms with Crippen molar-refractivity contribution in [1.29, 1.82) is 0 Å². The van der Waals surface area contributed by atoms with E-state index in [-0.39, 0.29) is 0 Å². The topological polar surface area (TPSA) is 26.7 Å². The molecule has 0 unspecified atom stereocenters. The molecule has 1 heterocycles. The van der Waals surface area contributed by atoms with Crippen molar-refractivity contribution in [3.8, 4) is 0 Å². The Balaban J connectivity index is 1.74. The van der Waals surface area contributed by atoms with E-state index in [0.717, 1.165) is 50.2 Å². The lowest BCUT2D eigenvalue weighted by Gasteiger charge is -2.34. The van der Waals surface area contributed by atoms with E-state index >= 15 is 0 Å². The van der Waals surface area contributed by atoms with Crippen LogP contribution in [0.4, 0.5) is 0 Å². The first kappa shape index (κ1) is 14.0. The minimum Gasteiger partial charge on any atom is -0.396 e. The molecule has 0 radical (unpaired) electrons. The summed E-state index contributed by atoms with van der Waals surface area (Å²) in [4.78, 5) is 4.94. The van der Waals surface area contributed by atoms with Crippen molar-refractivity contribution in [2.75, 3.05) is 39.3 Å². The van der Waals surface area contributed by atoms with E-state index in [0.29, 0.717) is 6.61 Å². The van der Waals surface area contributed by atoms with Crippen LogP contribution in [-0.2, 0) is 6.54 Å². The normalized spacial score (nSPS) is 18.1. The van der Waals surface area contributed by atoms with Gasteiger partial charge in [-0.2, -0.15) is 0 Å². The fraction of sp³-hybridized carbons (Fsp3) is 0.571. The number of hydrogen-bond donors (Lipinski definition) is 1. The summed E-state index contributed by atoms with van der Waals surface area (Å²) in [6.45, 7) is 6.87. The third-order valence-corrected chi connectivity index (χ3v) is 3.95. The molecule has 0 spiro atoms. The van der Waals surface area contributed by atoms with E-state index in [2.05, 4.69) is 50.0 Å². The first-order valence-corrected chi connectivity index (χ1v) is 7.37. The summed E-state index contributed by atoms with van der Waals surface area (Å²) < 4.78 is 1.14. The van der Waals surface area contributed by atoms with Gasteiger partial charge in [0.25, 0.3) is 0 Å². The number of nitrogens with zero attached hydrogens (tertiary/aromatic N) is 2. The van der Waals surface area contributed by atoms with Crippen LogP contribution in [0.1, 0.15) is 12.0 Å². The van der Waals surface area contributed by atoms with E-state index in [1.54, 1.807) is 0 Å². The molecule has 0 aromatic heterocycles. The molecule has 1 fully saturated rings. The van der Waals surface area contributed by atoms with Crippen LogP contribution < -0.4 is 0 Å². The van der Waals surface area contributed by atoms with Crippen molar-refractivity contribution in [1.82, 2.24) is 9.80 Å². The van der Waals surface area contributed by atoms with Crippen LogP contribution in [0, 0.1) is 0 Å². The lowest BCUT2D eigenvalue weighted by Crippen LogP contribution is -2.46. The van der Waals surface area contributed by atoms with Crippen molar-refractivity contribution in [2.45, 2.75) is 13.0 Å². The number of aliphatic hydroxyl groups excluding tert-OH is 1. The molecule has 1 aliphatic heterocycles. The van der Waals surface area contributed by atoms with E-state index in [9.17, 15) is 0 Å². The second-order valence-corrected chi connectivity index (χ2v) is 5.74. The van der Waals surface area contributed by atoms with Gasteiger partial charge < -0.3 is 10.0 Å². The number of benzene rings is 1. The molecule has 1 saturated heterocycles. The van der Waals surface area contributed by atoms with E-state index < -0.39 is 0 Å². The van der Waals surface area contributed by atoms with Gasteiger partial charge in [-0.1, -0.05) is 28.1 Å². The number of halogens is 1. The van der Waals surface area contributed by atoms with Crippen molar-refractivity contribution < 1.29 is 5.11 Å². The fourth-order valence-electron chi connectivity index (χ4n) is 2.31. The molecular weight excluding hydrogens is 292 g/mol. The smallest absolute Gasteiger partial charge is 0.0443 e. The molecule has 1 aliphatic rings. The summed E-state index contributed by atoms with van der Waals surface area (Å²) in [7, 11) is 0. The quantitative estimate of drug-likeness (QED) is 0.900. The predicted octanol–water partition coefficient (Wildman–Crippen LogP) is 1.95. The zero-order valence-electron chi connectivity index (χ0n) is 10.7. The molecule has 0 aliphatic carbocycles. The van der Waals surface area contributed by atoms with Crippen LogP contribution in [0.15, 0.2) is 28.7 Å². The number of aliphatic hydroxyl groups is 1. The SMILES string of the molecule is OCCCN1CCN(Cc2ccc(Br)cc2)CC1.